The molecule has 2 amide bonds. The molecular formula is C28H26N8O3. The number of hydrogen-bond acceptors (Lipinski definition) is 8. The molecule has 1 aliphatic carbocycles. The maximum atomic E-state index is 12.7. The average molecular weight is 523 g/mol. The zero-order valence-corrected chi connectivity index (χ0v) is 21.3. The number of nitrogens with zero attached hydrogens (tertiary/aromatic N) is 5. The van der Waals surface area contributed by atoms with Crippen molar-refractivity contribution in [2.24, 2.45) is 5.41 Å². The highest BCUT2D eigenvalue weighted by Gasteiger charge is 2.53. The zero-order chi connectivity index (χ0) is 27.0. The van der Waals surface area contributed by atoms with E-state index in [-0.39, 0.29) is 17.9 Å². The first-order valence-corrected chi connectivity index (χ1v) is 12.8. The van der Waals surface area contributed by atoms with Crippen LogP contribution >= 0.6 is 0 Å². The van der Waals surface area contributed by atoms with Gasteiger partial charge in [0.1, 0.15) is 28.1 Å². The quantitative estimate of drug-likeness (QED) is 0.329. The minimum atomic E-state index is -0.813. The second-order valence-electron chi connectivity index (χ2n) is 9.98. The Kier molecular flexibility index (Phi) is 6.07. The summed E-state index contributed by atoms with van der Waals surface area (Å²) >= 11 is 0. The van der Waals surface area contributed by atoms with Gasteiger partial charge in [-0.3, -0.25) is 14.7 Å². The van der Waals surface area contributed by atoms with Crippen molar-refractivity contribution in [1.29, 1.82) is 5.26 Å². The minimum absolute atomic E-state index is 0.0105. The smallest absolute Gasteiger partial charge is 0.256 e. The van der Waals surface area contributed by atoms with E-state index in [0.717, 1.165) is 12.0 Å². The summed E-state index contributed by atoms with van der Waals surface area (Å²) in [5.74, 6) is 1.83. The maximum Gasteiger partial charge on any atom is 0.256 e. The third-order valence-electron chi connectivity index (χ3n) is 7.11. The van der Waals surface area contributed by atoms with Crippen LogP contribution in [0.25, 0.3) is 11.0 Å². The topological polar surface area (TPSA) is 149 Å². The van der Waals surface area contributed by atoms with E-state index in [1.54, 1.807) is 53.7 Å². The van der Waals surface area contributed by atoms with Crippen molar-refractivity contribution in [1.82, 2.24) is 25.1 Å². The van der Waals surface area contributed by atoms with Crippen molar-refractivity contribution < 1.29 is 14.3 Å². The average Bonchev–Trinajstić information content (AvgIpc) is 3.42. The van der Waals surface area contributed by atoms with Crippen molar-refractivity contribution in [2.45, 2.75) is 32.2 Å². The number of nitriles is 1. The Morgan fingerprint density at radius 3 is 2.69 bits per heavy atom. The van der Waals surface area contributed by atoms with Gasteiger partial charge in [0.25, 0.3) is 5.91 Å². The summed E-state index contributed by atoms with van der Waals surface area (Å²) in [6.45, 7) is 3.04. The SMILES string of the molecule is Cc1ccnc(NC(=O)c2ccc(Oc3ccnc4[nH]nc(NC5CCN(C(=O)C6(C#N)CC6)C5)c34)cc2)c1. The van der Waals surface area contributed by atoms with Crippen LogP contribution in [0.3, 0.4) is 0 Å². The van der Waals surface area contributed by atoms with Crippen LogP contribution in [0.5, 0.6) is 11.5 Å². The molecule has 2 aliphatic rings. The lowest BCUT2D eigenvalue weighted by Gasteiger charge is -2.19. The van der Waals surface area contributed by atoms with Crippen molar-refractivity contribution in [2.75, 3.05) is 23.7 Å². The number of rotatable bonds is 7. The van der Waals surface area contributed by atoms with Crippen molar-refractivity contribution >= 4 is 34.5 Å². The Morgan fingerprint density at radius 1 is 1.15 bits per heavy atom. The molecule has 11 nitrogen and oxygen atoms in total. The normalized spacial score (nSPS) is 17.4. The van der Waals surface area contributed by atoms with Gasteiger partial charge < -0.3 is 20.3 Å². The van der Waals surface area contributed by atoms with Gasteiger partial charge in [-0.25, -0.2) is 9.97 Å². The molecule has 196 valence electrons. The lowest BCUT2D eigenvalue weighted by atomic mass is 10.1. The molecule has 4 aromatic rings. The first-order valence-electron chi connectivity index (χ1n) is 12.8. The van der Waals surface area contributed by atoms with Crippen LogP contribution in [0, 0.1) is 23.7 Å². The summed E-state index contributed by atoms with van der Waals surface area (Å²) in [7, 11) is 0. The standard InChI is InChI=1S/C28H26N8O3/c1-17-6-11-30-22(14-17)33-26(37)18-2-4-20(5-3-18)39-21-7-12-31-24-23(21)25(35-34-24)32-19-8-13-36(15-19)27(38)28(16-29)9-10-28/h2-7,11-12,14,19H,8-10,13,15H2,1H3,(H,30,33,37)(H2,31,32,34,35). The Bertz CT molecular complexity index is 1600. The second kappa shape index (κ2) is 9.72. The number of carbonyl (C=O) groups is 2. The number of likely N-dealkylation sites (tertiary alicyclic amines) is 1. The molecule has 3 aromatic heterocycles. The number of pyridine rings is 2. The van der Waals surface area contributed by atoms with Crippen LogP contribution in [0.4, 0.5) is 11.6 Å². The van der Waals surface area contributed by atoms with Gasteiger partial charge in [-0.15, -0.1) is 0 Å². The number of anilines is 2. The molecule has 1 atom stereocenters. The third kappa shape index (κ3) is 4.84. The lowest BCUT2D eigenvalue weighted by molar-refractivity contribution is -0.133. The van der Waals surface area contributed by atoms with E-state index in [1.807, 2.05) is 13.0 Å². The van der Waals surface area contributed by atoms with Gasteiger partial charge in [0.2, 0.25) is 5.91 Å². The van der Waals surface area contributed by atoms with Crippen LogP contribution in [0.2, 0.25) is 0 Å². The number of aromatic amines is 1. The molecule has 1 saturated carbocycles. The Hall–Kier alpha value is -4.98. The number of amides is 2. The monoisotopic (exact) mass is 522 g/mol. The van der Waals surface area contributed by atoms with E-state index >= 15 is 0 Å². The summed E-state index contributed by atoms with van der Waals surface area (Å²) in [6, 6.07) is 14.4. The molecule has 11 heteroatoms. The lowest BCUT2D eigenvalue weighted by Crippen LogP contribution is -2.36. The Morgan fingerprint density at radius 2 is 1.95 bits per heavy atom. The van der Waals surface area contributed by atoms with Crippen molar-refractivity contribution in [3.05, 3.63) is 66.0 Å². The zero-order valence-electron chi connectivity index (χ0n) is 21.3. The van der Waals surface area contributed by atoms with Gasteiger partial charge in [0, 0.05) is 43.2 Å². The van der Waals surface area contributed by atoms with Crippen LogP contribution < -0.4 is 15.4 Å². The molecule has 1 aromatic carbocycles. The number of aromatic nitrogens is 4. The summed E-state index contributed by atoms with van der Waals surface area (Å²) in [6.07, 6.45) is 5.31. The molecule has 0 radical (unpaired) electrons. The van der Waals surface area contributed by atoms with Crippen molar-refractivity contribution in [3.8, 4) is 17.6 Å². The molecule has 2 fully saturated rings. The van der Waals surface area contributed by atoms with Gasteiger partial charge in [0.15, 0.2) is 11.5 Å². The fraction of sp³-hybridized carbons (Fsp3) is 0.286. The van der Waals surface area contributed by atoms with Crippen LogP contribution in [-0.4, -0.2) is 56.0 Å². The van der Waals surface area contributed by atoms with Crippen LogP contribution in [0.1, 0.15) is 35.2 Å². The minimum Gasteiger partial charge on any atom is -0.456 e. The number of carbonyl (C=O) groups excluding carboxylic acids is 2. The van der Waals surface area contributed by atoms with Crippen molar-refractivity contribution in [3.63, 3.8) is 0 Å². The van der Waals surface area contributed by atoms with Crippen LogP contribution in [-0.2, 0) is 4.79 Å². The first-order chi connectivity index (χ1) is 18.9. The van der Waals surface area contributed by atoms with Gasteiger partial charge in [-0.05, 0) is 68.1 Å². The number of nitrogens with one attached hydrogen (secondary N) is 3. The Balaban J connectivity index is 1.14. The first kappa shape index (κ1) is 24.4. The van der Waals surface area contributed by atoms with Gasteiger partial charge in [-0.1, -0.05) is 0 Å². The molecule has 1 aliphatic heterocycles. The Labute approximate surface area is 224 Å². The molecule has 1 unspecified atom stereocenters. The molecule has 4 heterocycles. The summed E-state index contributed by atoms with van der Waals surface area (Å²) in [5, 5.41) is 23.6. The fourth-order valence-corrected chi connectivity index (χ4v) is 4.76. The van der Waals surface area contributed by atoms with Crippen LogP contribution in [0.15, 0.2) is 54.9 Å². The van der Waals surface area contributed by atoms with E-state index in [1.165, 1.54) is 0 Å². The molecular weight excluding hydrogens is 496 g/mol. The van der Waals surface area contributed by atoms with E-state index < -0.39 is 5.41 Å². The number of aryl methyl sites for hydroxylation is 1. The summed E-state index contributed by atoms with van der Waals surface area (Å²) in [5.41, 5.74) is 1.22. The predicted octanol–water partition coefficient (Wildman–Crippen LogP) is 4.02. The largest absolute Gasteiger partial charge is 0.456 e. The fourth-order valence-electron chi connectivity index (χ4n) is 4.76. The molecule has 6 rings (SSSR count). The van der Waals surface area contributed by atoms with E-state index in [2.05, 4.69) is 36.9 Å². The second-order valence-corrected chi connectivity index (χ2v) is 9.98. The van der Waals surface area contributed by atoms with Gasteiger partial charge in [-0.2, -0.15) is 10.4 Å². The number of ether oxygens (including phenoxy) is 1. The predicted molar refractivity (Wildman–Crippen MR) is 143 cm³/mol. The highest BCUT2D eigenvalue weighted by molar-refractivity contribution is 6.03. The molecule has 0 bridgehead atoms. The van der Waals surface area contributed by atoms with E-state index in [0.29, 0.717) is 65.7 Å². The van der Waals surface area contributed by atoms with Gasteiger partial charge >= 0.3 is 0 Å². The molecule has 0 spiro atoms. The maximum absolute atomic E-state index is 12.7. The number of fused-ring (bicyclic) bond motifs is 1. The number of benzene rings is 1. The van der Waals surface area contributed by atoms with E-state index in [9.17, 15) is 14.9 Å². The van der Waals surface area contributed by atoms with E-state index in [4.69, 9.17) is 4.74 Å². The number of H-pyrrole nitrogens is 1. The summed E-state index contributed by atoms with van der Waals surface area (Å²) in [4.78, 5) is 35.7. The summed E-state index contributed by atoms with van der Waals surface area (Å²) < 4.78 is 6.17. The molecule has 1 saturated heterocycles. The number of hydrogen-bond donors (Lipinski definition) is 3. The molecule has 39 heavy (non-hydrogen) atoms. The van der Waals surface area contributed by atoms with Gasteiger partial charge in [0.05, 0.1) is 6.07 Å². The highest BCUT2D eigenvalue weighted by Crippen LogP contribution is 2.47. The highest BCUT2D eigenvalue weighted by atomic mass is 16.5. The third-order valence-corrected chi connectivity index (χ3v) is 7.11. The molecule has 3 N–H and O–H groups in total.